The van der Waals surface area contributed by atoms with Crippen LogP contribution in [0.1, 0.15) is 6.92 Å². The van der Waals surface area contributed by atoms with Crippen molar-refractivity contribution in [2.75, 3.05) is 26.2 Å². The van der Waals surface area contributed by atoms with E-state index >= 15 is 0 Å². The first kappa shape index (κ1) is 12.5. The van der Waals surface area contributed by atoms with Crippen LogP contribution in [0, 0.1) is 12.3 Å². The molecule has 14 heavy (non-hydrogen) atoms. The van der Waals surface area contributed by atoms with Crippen LogP contribution in [0.15, 0.2) is 0 Å². The SMILES string of the molecule is C#CCN(CC(=O)O)CC(=O)NCC. The number of terminal acetylenes is 1. The van der Waals surface area contributed by atoms with Crippen molar-refractivity contribution in [1.29, 1.82) is 0 Å². The average molecular weight is 198 g/mol. The van der Waals surface area contributed by atoms with Gasteiger partial charge in [0.1, 0.15) is 0 Å². The fourth-order valence-electron chi connectivity index (χ4n) is 0.944. The lowest BCUT2D eigenvalue weighted by molar-refractivity contribution is -0.138. The molecule has 0 saturated carbocycles. The van der Waals surface area contributed by atoms with E-state index in [-0.39, 0.29) is 25.5 Å². The molecule has 0 rings (SSSR count). The summed E-state index contributed by atoms with van der Waals surface area (Å²) in [4.78, 5) is 22.9. The van der Waals surface area contributed by atoms with Gasteiger partial charge >= 0.3 is 5.97 Å². The molecule has 0 aliphatic carbocycles. The number of nitrogens with zero attached hydrogens (tertiary/aromatic N) is 1. The highest BCUT2D eigenvalue weighted by molar-refractivity contribution is 5.79. The number of likely N-dealkylation sites (N-methyl/N-ethyl adjacent to an activating group) is 1. The second-order valence-corrected chi connectivity index (χ2v) is 2.70. The predicted octanol–water partition coefficient (Wildman–Crippen LogP) is -0.858. The van der Waals surface area contributed by atoms with Crippen LogP contribution >= 0.6 is 0 Å². The van der Waals surface area contributed by atoms with Crippen LogP contribution in [0.5, 0.6) is 0 Å². The highest BCUT2D eigenvalue weighted by atomic mass is 16.4. The normalized spacial score (nSPS) is 9.50. The Bertz CT molecular complexity index is 245. The number of carboxylic acids is 1. The summed E-state index contributed by atoms with van der Waals surface area (Å²) in [6, 6.07) is 0. The molecule has 2 N–H and O–H groups in total. The summed E-state index contributed by atoms with van der Waals surface area (Å²) in [6.07, 6.45) is 5.04. The van der Waals surface area contributed by atoms with Crippen molar-refractivity contribution in [3.05, 3.63) is 0 Å². The second kappa shape index (κ2) is 6.92. The molecule has 0 aliphatic rings. The molecule has 78 valence electrons. The highest BCUT2D eigenvalue weighted by Crippen LogP contribution is 1.86. The van der Waals surface area contributed by atoms with E-state index in [9.17, 15) is 9.59 Å². The van der Waals surface area contributed by atoms with Crippen molar-refractivity contribution in [3.8, 4) is 12.3 Å². The van der Waals surface area contributed by atoms with E-state index in [2.05, 4.69) is 11.2 Å². The second-order valence-electron chi connectivity index (χ2n) is 2.70. The quantitative estimate of drug-likeness (QED) is 0.545. The zero-order chi connectivity index (χ0) is 11.0. The molecule has 0 spiro atoms. The first-order chi connectivity index (χ1) is 6.60. The number of carbonyl (C=O) groups excluding carboxylic acids is 1. The summed E-state index contributed by atoms with van der Waals surface area (Å²) >= 11 is 0. The number of rotatable bonds is 6. The van der Waals surface area contributed by atoms with Gasteiger partial charge < -0.3 is 10.4 Å². The standard InChI is InChI=1S/C9H14N2O3/c1-3-5-11(7-9(13)14)6-8(12)10-4-2/h1H,4-7H2,2H3,(H,10,12)(H,13,14). The van der Waals surface area contributed by atoms with E-state index in [4.69, 9.17) is 11.5 Å². The van der Waals surface area contributed by atoms with Crippen LogP contribution < -0.4 is 5.32 Å². The zero-order valence-corrected chi connectivity index (χ0v) is 8.12. The number of hydrogen-bond acceptors (Lipinski definition) is 3. The predicted molar refractivity (Wildman–Crippen MR) is 51.6 cm³/mol. The molecule has 1 amide bonds. The monoisotopic (exact) mass is 198 g/mol. The topological polar surface area (TPSA) is 69.6 Å². The maximum atomic E-state index is 11.1. The Kier molecular flexibility index (Phi) is 6.16. The van der Waals surface area contributed by atoms with E-state index in [1.54, 1.807) is 6.92 Å². The van der Waals surface area contributed by atoms with Gasteiger partial charge in [0.15, 0.2) is 0 Å². The van der Waals surface area contributed by atoms with Crippen molar-refractivity contribution in [1.82, 2.24) is 10.2 Å². The highest BCUT2D eigenvalue weighted by Gasteiger charge is 2.11. The first-order valence-electron chi connectivity index (χ1n) is 4.24. The van der Waals surface area contributed by atoms with Crippen molar-refractivity contribution in [2.24, 2.45) is 0 Å². The van der Waals surface area contributed by atoms with Crippen molar-refractivity contribution < 1.29 is 14.7 Å². The Hall–Kier alpha value is -1.54. The molecule has 0 atom stereocenters. The van der Waals surface area contributed by atoms with Gasteiger partial charge in [-0.1, -0.05) is 5.92 Å². The fourth-order valence-corrected chi connectivity index (χ4v) is 0.944. The molecule has 0 aromatic carbocycles. The van der Waals surface area contributed by atoms with Gasteiger partial charge in [-0.3, -0.25) is 14.5 Å². The van der Waals surface area contributed by atoms with Crippen LogP contribution in [-0.4, -0.2) is 48.1 Å². The van der Waals surface area contributed by atoms with Gasteiger partial charge in [0.05, 0.1) is 19.6 Å². The van der Waals surface area contributed by atoms with Gasteiger partial charge in [-0.25, -0.2) is 0 Å². The third-order valence-electron chi connectivity index (χ3n) is 1.41. The Morgan fingerprint density at radius 3 is 2.57 bits per heavy atom. The van der Waals surface area contributed by atoms with Crippen molar-refractivity contribution in [2.45, 2.75) is 6.92 Å². The average Bonchev–Trinajstić information content (AvgIpc) is 2.03. The molecule has 0 unspecified atom stereocenters. The molecule has 0 bridgehead atoms. The van der Waals surface area contributed by atoms with E-state index in [0.29, 0.717) is 6.54 Å². The van der Waals surface area contributed by atoms with Crippen LogP contribution in [0.4, 0.5) is 0 Å². The smallest absolute Gasteiger partial charge is 0.317 e. The van der Waals surface area contributed by atoms with E-state index in [1.807, 2.05) is 0 Å². The lowest BCUT2D eigenvalue weighted by atomic mass is 10.4. The van der Waals surface area contributed by atoms with E-state index in [1.165, 1.54) is 4.90 Å². The first-order valence-corrected chi connectivity index (χ1v) is 4.24. The molecule has 0 saturated heterocycles. The van der Waals surface area contributed by atoms with Gasteiger partial charge in [-0.2, -0.15) is 0 Å². The Morgan fingerprint density at radius 1 is 1.50 bits per heavy atom. The molecule has 0 aromatic heterocycles. The summed E-state index contributed by atoms with van der Waals surface area (Å²) in [7, 11) is 0. The Labute approximate surface area is 83.1 Å². The number of carboxylic acid groups (broad SMARTS) is 1. The third-order valence-corrected chi connectivity index (χ3v) is 1.41. The minimum atomic E-state index is -0.996. The summed E-state index contributed by atoms with van der Waals surface area (Å²) in [5.74, 6) is 1.09. The molecule has 0 fully saturated rings. The summed E-state index contributed by atoms with van der Waals surface area (Å²) < 4.78 is 0. The maximum Gasteiger partial charge on any atom is 0.317 e. The maximum absolute atomic E-state index is 11.1. The molecule has 5 heteroatoms. The minimum absolute atomic E-state index is 0.0182. The number of aliphatic carboxylic acids is 1. The van der Waals surface area contributed by atoms with E-state index in [0.717, 1.165) is 0 Å². The number of amides is 1. The van der Waals surface area contributed by atoms with Crippen LogP contribution in [0.25, 0.3) is 0 Å². The zero-order valence-electron chi connectivity index (χ0n) is 8.12. The molecule has 0 radical (unpaired) electrons. The number of nitrogens with one attached hydrogen (secondary N) is 1. The van der Waals surface area contributed by atoms with Crippen molar-refractivity contribution >= 4 is 11.9 Å². The molecular formula is C9H14N2O3. The molecule has 5 nitrogen and oxygen atoms in total. The minimum Gasteiger partial charge on any atom is -0.480 e. The molecule has 0 heterocycles. The largest absolute Gasteiger partial charge is 0.480 e. The Morgan fingerprint density at radius 2 is 2.14 bits per heavy atom. The van der Waals surface area contributed by atoms with Crippen LogP contribution in [-0.2, 0) is 9.59 Å². The van der Waals surface area contributed by atoms with Gasteiger partial charge in [0, 0.05) is 6.54 Å². The van der Waals surface area contributed by atoms with E-state index < -0.39 is 5.97 Å². The van der Waals surface area contributed by atoms with Gasteiger partial charge in [0.2, 0.25) is 5.91 Å². The molecule has 0 aromatic rings. The number of carbonyl (C=O) groups is 2. The molecular weight excluding hydrogens is 184 g/mol. The van der Waals surface area contributed by atoms with Crippen LogP contribution in [0.3, 0.4) is 0 Å². The number of hydrogen-bond donors (Lipinski definition) is 2. The Balaban J connectivity index is 4.02. The van der Waals surface area contributed by atoms with Gasteiger partial charge in [0.25, 0.3) is 0 Å². The summed E-state index contributed by atoms with van der Waals surface area (Å²) in [5, 5.41) is 11.1. The van der Waals surface area contributed by atoms with Crippen LogP contribution in [0.2, 0.25) is 0 Å². The van der Waals surface area contributed by atoms with Gasteiger partial charge in [-0.05, 0) is 6.92 Å². The van der Waals surface area contributed by atoms with Gasteiger partial charge in [-0.15, -0.1) is 6.42 Å². The third kappa shape index (κ3) is 6.03. The van der Waals surface area contributed by atoms with Crippen molar-refractivity contribution in [3.63, 3.8) is 0 Å². The lowest BCUT2D eigenvalue weighted by Gasteiger charge is -2.16. The lowest BCUT2D eigenvalue weighted by Crippen LogP contribution is -2.39. The fraction of sp³-hybridized carbons (Fsp3) is 0.556. The summed E-state index contributed by atoms with van der Waals surface area (Å²) in [6.45, 7) is 2.27. The summed E-state index contributed by atoms with van der Waals surface area (Å²) in [5.41, 5.74) is 0. The molecule has 0 aliphatic heterocycles.